The topological polar surface area (TPSA) is 47.1 Å². The molecule has 1 heterocycles. The standard InChI is InChI=1S/C14H28N2OS/c1-13(2,3)18(17)16-12-6-4-5-7-14(12)8-10-15-11-9-14/h12,15-16H,4-11H2,1-3H3. The summed E-state index contributed by atoms with van der Waals surface area (Å²) in [5.41, 5.74) is 0.407. The van der Waals surface area contributed by atoms with Crippen LogP contribution >= 0.6 is 0 Å². The van der Waals surface area contributed by atoms with Gasteiger partial charge in [0.25, 0.3) is 0 Å². The maximum Gasteiger partial charge on any atom is 0.136 e. The average Bonchev–Trinajstić information content (AvgIpc) is 2.32. The molecule has 0 bridgehead atoms. The molecule has 4 heteroatoms. The largest absolute Gasteiger partial charge is 0.598 e. The van der Waals surface area contributed by atoms with Crippen LogP contribution in [0.1, 0.15) is 59.3 Å². The zero-order chi connectivity index (χ0) is 13.2. The van der Waals surface area contributed by atoms with E-state index >= 15 is 0 Å². The second-order valence-electron chi connectivity index (χ2n) is 6.91. The summed E-state index contributed by atoms with van der Waals surface area (Å²) in [6.07, 6.45) is 7.63. The summed E-state index contributed by atoms with van der Waals surface area (Å²) in [5, 5.41) is 3.46. The first-order chi connectivity index (χ1) is 8.44. The Bertz CT molecular complexity index is 263. The molecule has 1 aliphatic carbocycles. The van der Waals surface area contributed by atoms with Crippen molar-refractivity contribution in [1.29, 1.82) is 0 Å². The molecule has 1 saturated heterocycles. The molecule has 0 amide bonds. The fourth-order valence-corrected chi connectivity index (χ4v) is 4.30. The van der Waals surface area contributed by atoms with Gasteiger partial charge in [0.2, 0.25) is 0 Å². The van der Waals surface area contributed by atoms with E-state index < -0.39 is 11.4 Å². The van der Waals surface area contributed by atoms with E-state index in [0.717, 1.165) is 13.1 Å². The lowest BCUT2D eigenvalue weighted by atomic mass is 9.65. The highest BCUT2D eigenvalue weighted by molar-refractivity contribution is 7.90. The smallest absolute Gasteiger partial charge is 0.136 e. The van der Waals surface area contributed by atoms with Crippen molar-refractivity contribution in [2.24, 2.45) is 5.41 Å². The summed E-state index contributed by atoms with van der Waals surface area (Å²) in [6, 6.07) is 0.452. The summed E-state index contributed by atoms with van der Waals surface area (Å²) in [5.74, 6) is 0. The maximum absolute atomic E-state index is 12.3. The van der Waals surface area contributed by atoms with Gasteiger partial charge in [0.05, 0.1) is 6.04 Å². The molecule has 1 spiro atoms. The Morgan fingerprint density at radius 2 is 1.83 bits per heavy atom. The van der Waals surface area contributed by atoms with Crippen molar-refractivity contribution in [3.8, 4) is 0 Å². The minimum Gasteiger partial charge on any atom is -0.598 e. The summed E-state index contributed by atoms with van der Waals surface area (Å²) in [7, 11) is 0. The molecule has 106 valence electrons. The molecular formula is C14H28N2OS. The van der Waals surface area contributed by atoms with Crippen LogP contribution in [0.25, 0.3) is 0 Å². The molecule has 1 saturated carbocycles. The van der Waals surface area contributed by atoms with Gasteiger partial charge in [-0.25, -0.2) is 0 Å². The summed E-state index contributed by atoms with van der Waals surface area (Å²) in [4.78, 5) is 0. The Labute approximate surface area is 115 Å². The predicted molar refractivity (Wildman–Crippen MR) is 77.8 cm³/mol. The molecule has 2 aliphatic rings. The number of nitrogens with one attached hydrogen (secondary N) is 2. The summed E-state index contributed by atoms with van der Waals surface area (Å²) in [6.45, 7) is 8.40. The van der Waals surface area contributed by atoms with Crippen molar-refractivity contribution in [3.05, 3.63) is 0 Å². The van der Waals surface area contributed by atoms with Crippen LogP contribution in [-0.4, -0.2) is 28.4 Å². The third-order valence-corrected chi connectivity index (χ3v) is 6.17. The van der Waals surface area contributed by atoms with Crippen LogP contribution in [0.4, 0.5) is 0 Å². The molecule has 1 aliphatic heterocycles. The first-order valence-electron chi connectivity index (χ1n) is 7.33. The first kappa shape index (κ1) is 14.6. The molecule has 0 radical (unpaired) electrons. The lowest BCUT2D eigenvalue weighted by Gasteiger charge is -2.47. The minimum atomic E-state index is -0.933. The van der Waals surface area contributed by atoms with Crippen LogP contribution in [0.3, 0.4) is 0 Å². The second-order valence-corrected chi connectivity index (χ2v) is 8.91. The van der Waals surface area contributed by atoms with E-state index in [9.17, 15) is 4.55 Å². The first-order valence-corrected chi connectivity index (χ1v) is 8.48. The Kier molecular flexibility index (Phi) is 4.63. The normalized spacial score (nSPS) is 30.3. The van der Waals surface area contributed by atoms with E-state index in [2.05, 4.69) is 10.0 Å². The Balaban J connectivity index is 2.03. The zero-order valence-corrected chi connectivity index (χ0v) is 12.9. The highest BCUT2D eigenvalue weighted by Gasteiger charge is 2.44. The van der Waals surface area contributed by atoms with Gasteiger partial charge in [-0.2, -0.15) is 0 Å². The van der Waals surface area contributed by atoms with Gasteiger partial charge in [-0.1, -0.05) is 12.8 Å². The molecule has 2 unspecified atom stereocenters. The van der Waals surface area contributed by atoms with E-state index in [1.165, 1.54) is 38.5 Å². The Morgan fingerprint density at radius 1 is 1.17 bits per heavy atom. The highest BCUT2D eigenvalue weighted by atomic mass is 32.2. The highest BCUT2D eigenvalue weighted by Crippen LogP contribution is 2.44. The number of hydrogen-bond acceptors (Lipinski definition) is 3. The fraction of sp³-hybridized carbons (Fsp3) is 1.00. The Hall–Kier alpha value is 0.230. The lowest BCUT2D eigenvalue weighted by molar-refractivity contribution is 0.0951. The SMILES string of the molecule is CC(C)(C)[S+]([O-])NC1CCCCC12CCNCC2. The molecule has 2 fully saturated rings. The summed E-state index contributed by atoms with van der Waals surface area (Å²) < 4.78 is 15.6. The van der Waals surface area contributed by atoms with E-state index in [1.807, 2.05) is 20.8 Å². The predicted octanol–water partition coefficient (Wildman–Crippen LogP) is 2.35. The van der Waals surface area contributed by atoms with Gasteiger partial charge in [0.15, 0.2) is 0 Å². The maximum atomic E-state index is 12.3. The van der Waals surface area contributed by atoms with E-state index in [4.69, 9.17) is 0 Å². The molecule has 0 aromatic heterocycles. The van der Waals surface area contributed by atoms with Crippen LogP contribution in [0.5, 0.6) is 0 Å². The van der Waals surface area contributed by atoms with Gasteiger partial charge in [-0.05, 0) is 65.0 Å². The Morgan fingerprint density at radius 3 is 2.44 bits per heavy atom. The van der Waals surface area contributed by atoms with Crippen molar-refractivity contribution < 1.29 is 4.55 Å². The van der Waals surface area contributed by atoms with Crippen molar-refractivity contribution >= 4 is 11.4 Å². The van der Waals surface area contributed by atoms with Gasteiger partial charge in [-0.15, -0.1) is 4.72 Å². The minimum absolute atomic E-state index is 0.161. The fourth-order valence-electron chi connectivity index (χ4n) is 3.32. The molecule has 2 N–H and O–H groups in total. The number of piperidine rings is 1. The van der Waals surface area contributed by atoms with Crippen LogP contribution in [0.15, 0.2) is 0 Å². The zero-order valence-electron chi connectivity index (χ0n) is 12.1. The number of hydrogen-bond donors (Lipinski definition) is 2. The lowest BCUT2D eigenvalue weighted by Crippen LogP contribution is -2.56. The van der Waals surface area contributed by atoms with Crippen molar-refractivity contribution in [1.82, 2.24) is 10.0 Å². The quantitative estimate of drug-likeness (QED) is 0.759. The van der Waals surface area contributed by atoms with Gasteiger partial charge in [0.1, 0.15) is 4.75 Å². The van der Waals surface area contributed by atoms with Gasteiger partial charge < -0.3 is 9.87 Å². The molecule has 0 aromatic carbocycles. The third kappa shape index (κ3) is 3.21. The molecule has 18 heavy (non-hydrogen) atoms. The monoisotopic (exact) mass is 272 g/mol. The van der Waals surface area contributed by atoms with Crippen LogP contribution in [0, 0.1) is 5.41 Å². The van der Waals surface area contributed by atoms with Crippen molar-refractivity contribution in [2.45, 2.75) is 70.1 Å². The van der Waals surface area contributed by atoms with Crippen molar-refractivity contribution in [2.75, 3.05) is 13.1 Å². The van der Waals surface area contributed by atoms with Gasteiger partial charge in [-0.3, -0.25) is 0 Å². The molecule has 0 aromatic rings. The molecule has 2 atom stereocenters. The van der Waals surface area contributed by atoms with Crippen LogP contribution in [-0.2, 0) is 11.4 Å². The van der Waals surface area contributed by atoms with Crippen LogP contribution < -0.4 is 10.0 Å². The van der Waals surface area contributed by atoms with E-state index in [0.29, 0.717) is 11.5 Å². The molecule has 3 nitrogen and oxygen atoms in total. The number of rotatable bonds is 2. The van der Waals surface area contributed by atoms with Gasteiger partial charge in [0, 0.05) is 11.4 Å². The van der Waals surface area contributed by atoms with E-state index in [1.54, 1.807) is 0 Å². The second kappa shape index (κ2) is 5.70. The van der Waals surface area contributed by atoms with Gasteiger partial charge >= 0.3 is 0 Å². The summed E-state index contributed by atoms with van der Waals surface area (Å²) >= 11 is -0.933. The average molecular weight is 272 g/mol. The van der Waals surface area contributed by atoms with Crippen molar-refractivity contribution in [3.63, 3.8) is 0 Å². The van der Waals surface area contributed by atoms with Crippen LogP contribution in [0.2, 0.25) is 0 Å². The third-order valence-electron chi connectivity index (χ3n) is 4.56. The molecular weight excluding hydrogens is 244 g/mol. The van der Waals surface area contributed by atoms with E-state index in [-0.39, 0.29) is 4.75 Å². The molecule has 2 rings (SSSR count).